The van der Waals surface area contributed by atoms with E-state index in [1.165, 1.54) is 44.1 Å². The van der Waals surface area contributed by atoms with Gasteiger partial charge in [0.25, 0.3) is 0 Å². The standard InChI is InChI=1S/C14H23N3/c1-2-9-15-14(12-6-4-3-5-7-12)13-8-10-16-17-11-13/h8,10-12,14-15H,2-7,9H2,1H3. The quantitative estimate of drug-likeness (QED) is 0.849. The molecule has 1 fully saturated rings. The summed E-state index contributed by atoms with van der Waals surface area (Å²) in [5.74, 6) is 0.777. The van der Waals surface area contributed by atoms with Crippen LogP contribution >= 0.6 is 0 Å². The first-order chi connectivity index (χ1) is 8.42. The van der Waals surface area contributed by atoms with Gasteiger partial charge in [-0.25, -0.2) is 0 Å². The minimum atomic E-state index is 0.478. The van der Waals surface area contributed by atoms with Crippen molar-refractivity contribution in [3.63, 3.8) is 0 Å². The van der Waals surface area contributed by atoms with Crippen molar-refractivity contribution in [2.24, 2.45) is 5.92 Å². The molecule has 94 valence electrons. The molecule has 0 amide bonds. The van der Waals surface area contributed by atoms with Crippen molar-refractivity contribution in [3.05, 3.63) is 24.0 Å². The van der Waals surface area contributed by atoms with Gasteiger partial charge in [-0.3, -0.25) is 0 Å². The second-order valence-corrected chi connectivity index (χ2v) is 5.01. The van der Waals surface area contributed by atoms with Crippen LogP contribution < -0.4 is 5.32 Å². The fourth-order valence-corrected chi connectivity index (χ4v) is 2.81. The van der Waals surface area contributed by atoms with Crippen LogP contribution in [0.2, 0.25) is 0 Å². The van der Waals surface area contributed by atoms with Crippen molar-refractivity contribution in [2.45, 2.75) is 51.5 Å². The van der Waals surface area contributed by atoms with Crippen molar-refractivity contribution in [3.8, 4) is 0 Å². The molecule has 0 saturated heterocycles. The van der Waals surface area contributed by atoms with Crippen LogP contribution in [-0.4, -0.2) is 16.7 Å². The molecule has 0 aliphatic heterocycles. The third-order valence-corrected chi connectivity index (χ3v) is 3.70. The summed E-state index contributed by atoms with van der Waals surface area (Å²) in [6, 6.07) is 2.58. The second kappa shape index (κ2) is 6.70. The molecule has 0 radical (unpaired) electrons. The molecule has 1 unspecified atom stereocenters. The summed E-state index contributed by atoms with van der Waals surface area (Å²) in [7, 11) is 0. The van der Waals surface area contributed by atoms with Crippen LogP contribution in [0.25, 0.3) is 0 Å². The molecule has 17 heavy (non-hydrogen) atoms. The Kier molecular flexibility index (Phi) is 4.92. The van der Waals surface area contributed by atoms with Gasteiger partial charge in [0.1, 0.15) is 0 Å². The van der Waals surface area contributed by atoms with Gasteiger partial charge >= 0.3 is 0 Å². The number of hydrogen-bond acceptors (Lipinski definition) is 3. The zero-order valence-corrected chi connectivity index (χ0v) is 10.7. The Hall–Kier alpha value is -0.960. The summed E-state index contributed by atoms with van der Waals surface area (Å²) in [6.45, 7) is 3.30. The Bertz CT molecular complexity index is 307. The van der Waals surface area contributed by atoms with Gasteiger partial charge in [-0.2, -0.15) is 10.2 Å². The molecule has 1 saturated carbocycles. The van der Waals surface area contributed by atoms with E-state index in [2.05, 4.69) is 28.5 Å². The van der Waals surface area contributed by atoms with Gasteiger partial charge in [-0.15, -0.1) is 0 Å². The monoisotopic (exact) mass is 233 g/mol. The predicted molar refractivity (Wildman–Crippen MR) is 69.6 cm³/mol. The number of aromatic nitrogens is 2. The van der Waals surface area contributed by atoms with Gasteiger partial charge < -0.3 is 5.32 Å². The maximum atomic E-state index is 4.02. The van der Waals surface area contributed by atoms with E-state index in [0.29, 0.717) is 6.04 Å². The summed E-state index contributed by atoms with van der Waals surface area (Å²) in [5.41, 5.74) is 1.31. The molecule has 0 bridgehead atoms. The van der Waals surface area contributed by atoms with E-state index in [1.54, 1.807) is 6.20 Å². The van der Waals surface area contributed by atoms with Crippen LogP contribution in [0.3, 0.4) is 0 Å². The molecule has 2 rings (SSSR count). The Balaban J connectivity index is 2.06. The largest absolute Gasteiger partial charge is 0.310 e. The Morgan fingerprint density at radius 2 is 2.12 bits per heavy atom. The number of nitrogens with one attached hydrogen (secondary N) is 1. The van der Waals surface area contributed by atoms with E-state index in [0.717, 1.165) is 12.5 Å². The fourth-order valence-electron chi connectivity index (χ4n) is 2.81. The smallest absolute Gasteiger partial charge is 0.0544 e. The van der Waals surface area contributed by atoms with Crippen molar-refractivity contribution in [2.75, 3.05) is 6.54 Å². The van der Waals surface area contributed by atoms with Crippen molar-refractivity contribution in [1.29, 1.82) is 0 Å². The SMILES string of the molecule is CCCNC(c1ccnnc1)C1CCCCC1. The summed E-state index contributed by atoms with van der Waals surface area (Å²) in [6.07, 6.45) is 11.8. The van der Waals surface area contributed by atoms with Crippen LogP contribution in [0.1, 0.15) is 57.1 Å². The number of nitrogens with zero attached hydrogens (tertiary/aromatic N) is 2. The average molecular weight is 233 g/mol. The molecule has 1 N–H and O–H groups in total. The Morgan fingerprint density at radius 1 is 1.29 bits per heavy atom. The molecule has 0 spiro atoms. The van der Waals surface area contributed by atoms with Gasteiger partial charge in [0.2, 0.25) is 0 Å². The average Bonchev–Trinajstić information content (AvgIpc) is 2.42. The molecule has 1 aliphatic rings. The predicted octanol–water partition coefficient (Wildman–Crippen LogP) is 3.10. The van der Waals surface area contributed by atoms with E-state index >= 15 is 0 Å². The normalized spacial score (nSPS) is 19.1. The highest BCUT2D eigenvalue weighted by Gasteiger charge is 2.24. The summed E-state index contributed by atoms with van der Waals surface area (Å²) in [5, 5.41) is 11.6. The van der Waals surface area contributed by atoms with Crippen LogP contribution in [0.15, 0.2) is 18.5 Å². The zero-order chi connectivity index (χ0) is 11.9. The second-order valence-electron chi connectivity index (χ2n) is 5.01. The van der Waals surface area contributed by atoms with Gasteiger partial charge in [-0.1, -0.05) is 26.2 Å². The van der Waals surface area contributed by atoms with E-state index in [9.17, 15) is 0 Å². The first kappa shape index (κ1) is 12.5. The lowest BCUT2D eigenvalue weighted by Crippen LogP contribution is -2.30. The minimum Gasteiger partial charge on any atom is -0.310 e. The Labute approximate surface area is 104 Å². The van der Waals surface area contributed by atoms with Gasteiger partial charge in [0, 0.05) is 12.2 Å². The fraction of sp³-hybridized carbons (Fsp3) is 0.714. The molecular weight excluding hydrogens is 210 g/mol. The number of hydrogen-bond donors (Lipinski definition) is 1. The van der Waals surface area contributed by atoms with Crippen molar-refractivity contribution >= 4 is 0 Å². The number of rotatable bonds is 5. The van der Waals surface area contributed by atoms with Crippen molar-refractivity contribution < 1.29 is 0 Å². The third-order valence-electron chi connectivity index (χ3n) is 3.70. The summed E-state index contributed by atoms with van der Waals surface area (Å²) in [4.78, 5) is 0. The minimum absolute atomic E-state index is 0.478. The van der Waals surface area contributed by atoms with E-state index in [4.69, 9.17) is 0 Å². The van der Waals surface area contributed by atoms with E-state index < -0.39 is 0 Å². The lowest BCUT2D eigenvalue weighted by atomic mass is 9.81. The molecular formula is C14H23N3. The third kappa shape index (κ3) is 3.50. The molecule has 3 heteroatoms. The molecule has 1 atom stereocenters. The highest BCUT2D eigenvalue weighted by molar-refractivity contribution is 5.13. The van der Waals surface area contributed by atoms with Gasteiger partial charge in [0.05, 0.1) is 6.20 Å². The molecule has 1 heterocycles. The lowest BCUT2D eigenvalue weighted by Gasteiger charge is -2.31. The highest BCUT2D eigenvalue weighted by Crippen LogP contribution is 2.33. The lowest BCUT2D eigenvalue weighted by molar-refractivity contribution is 0.271. The zero-order valence-electron chi connectivity index (χ0n) is 10.7. The van der Waals surface area contributed by atoms with E-state index in [1.807, 2.05) is 6.20 Å². The van der Waals surface area contributed by atoms with Crippen LogP contribution in [-0.2, 0) is 0 Å². The van der Waals surface area contributed by atoms with E-state index in [-0.39, 0.29) is 0 Å². The highest BCUT2D eigenvalue weighted by atomic mass is 15.1. The topological polar surface area (TPSA) is 37.8 Å². The van der Waals surface area contributed by atoms with Crippen LogP contribution in [0, 0.1) is 5.92 Å². The van der Waals surface area contributed by atoms with Crippen molar-refractivity contribution in [1.82, 2.24) is 15.5 Å². The maximum absolute atomic E-state index is 4.02. The maximum Gasteiger partial charge on any atom is 0.0544 e. The molecule has 0 aromatic carbocycles. The van der Waals surface area contributed by atoms with Gasteiger partial charge in [0.15, 0.2) is 0 Å². The molecule has 1 aromatic heterocycles. The molecule has 3 nitrogen and oxygen atoms in total. The van der Waals surface area contributed by atoms with Gasteiger partial charge in [-0.05, 0) is 43.4 Å². The first-order valence-corrected chi connectivity index (χ1v) is 6.91. The Morgan fingerprint density at radius 3 is 2.76 bits per heavy atom. The van der Waals surface area contributed by atoms with Crippen LogP contribution in [0.5, 0.6) is 0 Å². The summed E-state index contributed by atoms with van der Waals surface area (Å²) < 4.78 is 0. The van der Waals surface area contributed by atoms with Crippen LogP contribution in [0.4, 0.5) is 0 Å². The molecule has 1 aliphatic carbocycles. The first-order valence-electron chi connectivity index (χ1n) is 6.91. The molecule has 1 aromatic rings. The summed E-state index contributed by atoms with van der Waals surface area (Å²) >= 11 is 0.